The van der Waals surface area contributed by atoms with Gasteiger partial charge in [0.2, 0.25) is 5.96 Å². The number of rotatable bonds is 2. The number of nitrogens with one attached hydrogen (secondary N) is 2. The number of sulfonamides is 1. The van der Waals surface area contributed by atoms with Gasteiger partial charge in [0, 0.05) is 5.02 Å². The number of hydrogen-bond donors (Lipinski definition) is 2. The minimum atomic E-state index is -3.66. The van der Waals surface area contributed by atoms with E-state index >= 15 is 0 Å². The van der Waals surface area contributed by atoms with Crippen LogP contribution >= 0.6 is 11.6 Å². The lowest BCUT2D eigenvalue weighted by Gasteiger charge is -2.21. The number of benzene rings is 1. The van der Waals surface area contributed by atoms with Gasteiger partial charge in [-0.05, 0) is 30.3 Å². The molecule has 0 unspecified atom stereocenters. The zero-order valence-electron chi connectivity index (χ0n) is 10.1. The molecule has 0 saturated carbocycles. The highest BCUT2D eigenvalue weighted by Crippen LogP contribution is 2.27. The first kappa shape index (κ1) is 13.0. The van der Waals surface area contributed by atoms with Crippen molar-refractivity contribution >= 4 is 33.3 Å². The summed E-state index contributed by atoms with van der Waals surface area (Å²) in [5.74, 6) is 0.789. The maximum Gasteiger partial charge on any atom is 0.266 e. The van der Waals surface area contributed by atoms with Gasteiger partial charge >= 0.3 is 0 Å². The van der Waals surface area contributed by atoms with Crippen molar-refractivity contribution in [1.82, 2.24) is 4.72 Å². The first-order valence-electron chi connectivity index (χ1n) is 5.71. The second-order valence-electron chi connectivity index (χ2n) is 4.12. The van der Waals surface area contributed by atoms with Gasteiger partial charge in [-0.1, -0.05) is 11.6 Å². The van der Waals surface area contributed by atoms with Crippen LogP contribution < -0.4 is 10.0 Å². The standard InChI is InChI=1S/C12H10ClN3O3S/c13-8-3-4-10-11(6-8)20(17,18)16-12(15-10)14-7-9-2-1-5-19-9/h1-6H,7H2,(H2,14,15,16). The van der Waals surface area contributed by atoms with Crippen LogP contribution in [0.5, 0.6) is 0 Å². The van der Waals surface area contributed by atoms with E-state index in [2.05, 4.69) is 15.0 Å². The zero-order valence-corrected chi connectivity index (χ0v) is 11.7. The smallest absolute Gasteiger partial charge is 0.266 e. The molecule has 1 aliphatic heterocycles. The van der Waals surface area contributed by atoms with Crippen molar-refractivity contribution in [2.45, 2.75) is 11.4 Å². The van der Waals surface area contributed by atoms with E-state index in [9.17, 15) is 8.42 Å². The molecule has 2 N–H and O–H groups in total. The molecule has 104 valence electrons. The summed E-state index contributed by atoms with van der Waals surface area (Å²) in [6, 6.07) is 8.09. The Bertz CT molecular complexity index is 769. The van der Waals surface area contributed by atoms with Crippen molar-refractivity contribution in [2.24, 2.45) is 4.99 Å². The molecule has 6 nitrogen and oxygen atoms in total. The van der Waals surface area contributed by atoms with Crippen LogP contribution in [0.4, 0.5) is 5.69 Å². The van der Waals surface area contributed by atoms with Crippen LogP contribution in [0.3, 0.4) is 0 Å². The molecule has 2 heterocycles. The first-order chi connectivity index (χ1) is 9.54. The summed E-state index contributed by atoms with van der Waals surface area (Å²) in [6.45, 7) is 0.237. The molecular formula is C12H10ClN3O3S. The number of fused-ring (bicyclic) bond motifs is 1. The van der Waals surface area contributed by atoms with Crippen molar-refractivity contribution in [3.63, 3.8) is 0 Å². The third-order valence-electron chi connectivity index (χ3n) is 2.69. The topological polar surface area (TPSA) is 83.7 Å². The molecule has 0 bridgehead atoms. The first-order valence-corrected chi connectivity index (χ1v) is 7.57. The molecule has 3 rings (SSSR count). The molecule has 1 aliphatic rings. The quantitative estimate of drug-likeness (QED) is 0.890. The molecule has 2 aromatic rings. The van der Waals surface area contributed by atoms with Crippen molar-refractivity contribution in [1.29, 1.82) is 0 Å². The van der Waals surface area contributed by atoms with Crippen molar-refractivity contribution in [3.05, 3.63) is 47.4 Å². The van der Waals surface area contributed by atoms with E-state index < -0.39 is 10.0 Å². The molecule has 1 aromatic carbocycles. The maximum atomic E-state index is 12.1. The van der Waals surface area contributed by atoms with E-state index in [0.29, 0.717) is 16.5 Å². The number of guanidine groups is 1. The summed E-state index contributed by atoms with van der Waals surface area (Å²) < 4.78 is 31.6. The van der Waals surface area contributed by atoms with Gasteiger partial charge in [-0.2, -0.15) is 0 Å². The van der Waals surface area contributed by atoms with E-state index in [1.165, 1.54) is 12.3 Å². The maximum absolute atomic E-state index is 12.1. The Morgan fingerprint density at radius 2 is 2.15 bits per heavy atom. The minimum absolute atomic E-state index is 0.0990. The van der Waals surface area contributed by atoms with Crippen LogP contribution in [0.25, 0.3) is 0 Å². The molecule has 0 atom stereocenters. The van der Waals surface area contributed by atoms with E-state index in [1.807, 2.05) is 0 Å². The third kappa shape index (κ3) is 2.50. The average molecular weight is 312 g/mol. The van der Waals surface area contributed by atoms with Crippen molar-refractivity contribution < 1.29 is 12.8 Å². The van der Waals surface area contributed by atoms with Gasteiger partial charge in [-0.15, -0.1) is 0 Å². The summed E-state index contributed by atoms with van der Waals surface area (Å²) >= 11 is 5.81. The SMILES string of the molecule is O=S1(=O)NC(=NCc2ccco2)Nc2ccc(Cl)cc21. The van der Waals surface area contributed by atoms with Crippen molar-refractivity contribution in [3.8, 4) is 0 Å². The lowest BCUT2D eigenvalue weighted by atomic mass is 10.3. The summed E-state index contributed by atoms with van der Waals surface area (Å²) in [5.41, 5.74) is 0.436. The van der Waals surface area contributed by atoms with Crippen molar-refractivity contribution in [2.75, 3.05) is 5.32 Å². The number of furan rings is 1. The summed E-state index contributed by atoms with van der Waals surface area (Å²) in [4.78, 5) is 4.23. The molecule has 0 amide bonds. The number of aliphatic imine (C=N–C) groups is 1. The average Bonchev–Trinajstić information content (AvgIpc) is 2.90. The zero-order chi connectivity index (χ0) is 14.2. The minimum Gasteiger partial charge on any atom is -0.467 e. The third-order valence-corrected chi connectivity index (χ3v) is 4.30. The van der Waals surface area contributed by atoms with Gasteiger partial charge in [0.1, 0.15) is 17.2 Å². The fraction of sp³-hybridized carbons (Fsp3) is 0.0833. The summed E-state index contributed by atoms with van der Waals surface area (Å²) in [5, 5.41) is 3.26. The highest BCUT2D eigenvalue weighted by molar-refractivity contribution is 7.90. The number of hydrogen-bond acceptors (Lipinski definition) is 4. The van der Waals surface area contributed by atoms with E-state index in [1.54, 1.807) is 24.3 Å². The normalized spacial score (nSPS) is 18.1. The van der Waals surface area contributed by atoms with Crippen LogP contribution in [0.1, 0.15) is 5.76 Å². The predicted octanol–water partition coefficient (Wildman–Crippen LogP) is 2.19. The summed E-state index contributed by atoms with van der Waals surface area (Å²) in [7, 11) is -3.66. The number of halogens is 1. The van der Waals surface area contributed by atoms with Crippen LogP contribution in [-0.4, -0.2) is 14.4 Å². The Balaban J connectivity index is 1.92. The Hall–Kier alpha value is -1.99. The molecule has 0 spiro atoms. The highest BCUT2D eigenvalue weighted by atomic mass is 35.5. The van der Waals surface area contributed by atoms with Crippen LogP contribution in [-0.2, 0) is 16.6 Å². The van der Waals surface area contributed by atoms with Gasteiger partial charge in [-0.3, -0.25) is 0 Å². The molecule has 8 heteroatoms. The van der Waals surface area contributed by atoms with Gasteiger partial charge in [-0.25, -0.2) is 18.1 Å². The predicted molar refractivity (Wildman–Crippen MR) is 75.2 cm³/mol. The molecular weight excluding hydrogens is 302 g/mol. The fourth-order valence-electron chi connectivity index (χ4n) is 1.79. The van der Waals surface area contributed by atoms with Gasteiger partial charge in [0.15, 0.2) is 0 Å². The summed E-state index contributed by atoms with van der Waals surface area (Å²) in [6.07, 6.45) is 1.53. The Labute approximate surface area is 120 Å². The fourth-order valence-corrected chi connectivity index (χ4v) is 3.20. The highest BCUT2D eigenvalue weighted by Gasteiger charge is 2.26. The van der Waals surface area contributed by atoms with Gasteiger partial charge in [0.05, 0.1) is 12.0 Å². The molecule has 0 saturated heterocycles. The van der Waals surface area contributed by atoms with Gasteiger partial charge in [0.25, 0.3) is 10.0 Å². The molecule has 0 aliphatic carbocycles. The Morgan fingerprint density at radius 3 is 2.90 bits per heavy atom. The monoisotopic (exact) mass is 311 g/mol. The second kappa shape index (κ2) is 4.84. The van der Waals surface area contributed by atoms with Gasteiger partial charge < -0.3 is 9.73 Å². The Kier molecular flexibility index (Phi) is 3.15. The second-order valence-corrected chi connectivity index (χ2v) is 6.20. The van der Waals surface area contributed by atoms with Crippen LogP contribution in [0.2, 0.25) is 5.02 Å². The molecule has 0 radical (unpaired) electrons. The molecule has 0 fully saturated rings. The van der Waals surface area contributed by atoms with Crippen LogP contribution in [0.15, 0.2) is 50.9 Å². The number of anilines is 1. The number of nitrogens with zero attached hydrogens (tertiary/aromatic N) is 1. The largest absolute Gasteiger partial charge is 0.467 e. The molecule has 1 aromatic heterocycles. The Morgan fingerprint density at radius 1 is 1.30 bits per heavy atom. The lowest BCUT2D eigenvalue weighted by molar-refractivity contribution is 0.512. The lowest BCUT2D eigenvalue weighted by Crippen LogP contribution is -2.40. The molecule has 20 heavy (non-hydrogen) atoms. The van der Waals surface area contributed by atoms with Crippen LogP contribution in [0, 0.1) is 0 Å². The van der Waals surface area contributed by atoms with E-state index in [4.69, 9.17) is 16.0 Å². The van der Waals surface area contributed by atoms with E-state index in [-0.39, 0.29) is 17.4 Å². The van der Waals surface area contributed by atoms with E-state index in [0.717, 1.165) is 0 Å².